The number of carbonyl (C=O) groups excluding carboxylic acids is 1. The van der Waals surface area contributed by atoms with E-state index in [-0.39, 0.29) is 5.91 Å². The zero-order chi connectivity index (χ0) is 19.7. The van der Waals surface area contributed by atoms with Gasteiger partial charge in [-0.05, 0) is 43.2 Å². The van der Waals surface area contributed by atoms with Crippen LogP contribution in [0.15, 0.2) is 54.2 Å². The second-order valence-electron chi connectivity index (χ2n) is 6.76. The zero-order valence-electron chi connectivity index (χ0n) is 15.9. The molecule has 5 nitrogen and oxygen atoms in total. The van der Waals surface area contributed by atoms with Crippen molar-refractivity contribution in [2.45, 2.75) is 20.8 Å². The molecule has 4 rings (SSSR count). The summed E-state index contributed by atoms with van der Waals surface area (Å²) in [5.74, 6) is 0.651. The van der Waals surface area contributed by atoms with Crippen LogP contribution in [0.5, 0.6) is 0 Å². The zero-order valence-corrected chi connectivity index (χ0v) is 16.7. The maximum atomic E-state index is 11.3. The topological polar surface area (TPSA) is 66.9 Å². The van der Waals surface area contributed by atoms with E-state index in [4.69, 9.17) is 0 Å². The maximum absolute atomic E-state index is 11.3. The second kappa shape index (κ2) is 7.40. The number of hydrogen-bond acceptors (Lipinski definition) is 5. The molecule has 4 aromatic rings. The third-order valence-corrected chi connectivity index (χ3v) is 5.37. The molecule has 0 unspecified atom stereocenters. The van der Waals surface area contributed by atoms with E-state index in [1.54, 1.807) is 17.7 Å². The molecule has 0 spiro atoms. The molecule has 140 valence electrons. The average molecular weight is 388 g/mol. The molecule has 0 fully saturated rings. The van der Waals surface area contributed by atoms with Gasteiger partial charge in [-0.1, -0.05) is 29.8 Å². The Morgan fingerprint density at radius 3 is 2.61 bits per heavy atom. The van der Waals surface area contributed by atoms with Crippen molar-refractivity contribution in [2.75, 3.05) is 10.6 Å². The Bertz CT molecular complexity index is 1180. The Balaban J connectivity index is 1.78. The number of anilines is 3. The number of fused-ring (bicyclic) bond motifs is 1. The lowest BCUT2D eigenvalue weighted by molar-refractivity contribution is -0.114. The van der Waals surface area contributed by atoms with Crippen molar-refractivity contribution in [3.05, 3.63) is 65.3 Å². The molecule has 2 N–H and O–H groups in total. The van der Waals surface area contributed by atoms with Gasteiger partial charge in [0.25, 0.3) is 0 Å². The van der Waals surface area contributed by atoms with Crippen LogP contribution < -0.4 is 10.6 Å². The fraction of sp³-hybridized carbons (Fsp3) is 0.136. The van der Waals surface area contributed by atoms with Crippen molar-refractivity contribution in [1.29, 1.82) is 0 Å². The summed E-state index contributed by atoms with van der Waals surface area (Å²) >= 11 is 1.61. The van der Waals surface area contributed by atoms with E-state index >= 15 is 0 Å². The number of rotatable bonds is 4. The van der Waals surface area contributed by atoms with Crippen molar-refractivity contribution in [2.24, 2.45) is 0 Å². The molecule has 2 aromatic heterocycles. The van der Waals surface area contributed by atoms with Crippen molar-refractivity contribution in [1.82, 2.24) is 9.97 Å². The fourth-order valence-corrected chi connectivity index (χ4v) is 4.21. The van der Waals surface area contributed by atoms with Crippen LogP contribution in [0.2, 0.25) is 0 Å². The quantitative estimate of drug-likeness (QED) is 0.472. The number of aryl methyl sites for hydroxylation is 2. The van der Waals surface area contributed by atoms with Crippen LogP contribution >= 0.6 is 11.3 Å². The lowest BCUT2D eigenvalue weighted by atomic mass is 9.99. The van der Waals surface area contributed by atoms with Crippen LogP contribution in [0.25, 0.3) is 21.3 Å². The number of thiophene rings is 1. The molecule has 2 aromatic carbocycles. The summed E-state index contributed by atoms with van der Waals surface area (Å²) in [6.45, 7) is 5.72. The van der Waals surface area contributed by atoms with E-state index in [1.165, 1.54) is 23.6 Å². The molecule has 28 heavy (non-hydrogen) atoms. The number of nitrogens with one attached hydrogen (secondary N) is 2. The third-order valence-electron chi connectivity index (χ3n) is 4.49. The number of nitrogens with zero attached hydrogens (tertiary/aromatic N) is 2. The van der Waals surface area contributed by atoms with E-state index in [1.807, 2.05) is 24.3 Å². The Hall–Kier alpha value is -3.25. The van der Waals surface area contributed by atoms with E-state index in [0.717, 1.165) is 33.0 Å². The molecule has 2 heterocycles. The SMILES string of the molecule is CC(=O)Nc1cccc(Nc2ncnc3scc(-c4ccc(C)cc4C)c23)c1. The largest absolute Gasteiger partial charge is 0.340 e. The van der Waals surface area contributed by atoms with Crippen molar-refractivity contribution < 1.29 is 4.79 Å². The predicted octanol–water partition coefficient (Wildman–Crippen LogP) is 5.68. The van der Waals surface area contributed by atoms with E-state index in [2.05, 4.69) is 58.0 Å². The maximum Gasteiger partial charge on any atom is 0.221 e. The minimum atomic E-state index is -0.100. The van der Waals surface area contributed by atoms with Gasteiger partial charge in [-0.2, -0.15) is 0 Å². The van der Waals surface area contributed by atoms with Crippen LogP contribution in [0, 0.1) is 13.8 Å². The fourth-order valence-electron chi connectivity index (χ4n) is 3.30. The second-order valence-corrected chi connectivity index (χ2v) is 7.62. The van der Waals surface area contributed by atoms with Crippen molar-refractivity contribution in [3.8, 4) is 11.1 Å². The van der Waals surface area contributed by atoms with Crippen LogP contribution in [0.1, 0.15) is 18.1 Å². The highest BCUT2D eigenvalue weighted by Gasteiger charge is 2.15. The van der Waals surface area contributed by atoms with Gasteiger partial charge < -0.3 is 10.6 Å². The molecule has 0 saturated heterocycles. The number of carbonyl (C=O) groups is 1. The van der Waals surface area contributed by atoms with Gasteiger partial charge in [-0.3, -0.25) is 4.79 Å². The van der Waals surface area contributed by atoms with Gasteiger partial charge in [0.2, 0.25) is 5.91 Å². The Morgan fingerprint density at radius 1 is 1.00 bits per heavy atom. The van der Waals surface area contributed by atoms with Crippen molar-refractivity contribution in [3.63, 3.8) is 0 Å². The molecule has 6 heteroatoms. The first-order valence-electron chi connectivity index (χ1n) is 8.96. The molecule has 0 radical (unpaired) electrons. The molecule has 0 aliphatic heterocycles. The summed E-state index contributed by atoms with van der Waals surface area (Å²) in [4.78, 5) is 21.2. The van der Waals surface area contributed by atoms with Crippen LogP contribution in [0.4, 0.5) is 17.2 Å². The Morgan fingerprint density at radius 2 is 1.82 bits per heavy atom. The lowest BCUT2D eigenvalue weighted by Gasteiger charge is -2.11. The first-order valence-corrected chi connectivity index (χ1v) is 9.84. The van der Waals surface area contributed by atoms with E-state index in [0.29, 0.717) is 0 Å². The van der Waals surface area contributed by atoms with Gasteiger partial charge >= 0.3 is 0 Å². The van der Waals surface area contributed by atoms with Gasteiger partial charge in [0, 0.05) is 29.2 Å². The summed E-state index contributed by atoms with van der Waals surface area (Å²) in [5.41, 5.74) is 6.36. The number of hydrogen-bond donors (Lipinski definition) is 2. The van der Waals surface area contributed by atoms with E-state index in [9.17, 15) is 4.79 Å². The monoisotopic (exact) mass is 388 g/mol. The van der Waals surface area contributed by atoms with Crippen LogP contribution in [0.3, 0.4) is 0 Å². The van der Waals surface area contributed by atoms with Crippen molar-refractivity contribution >= 4 is 44.7 Å². The van der Waals surface area contributed by atoms with Gasteiger partial charge in [-0.25, -0.2) is 9.97 Å². The third kappa shape index (κ3) is 3.59. The lowest BCUT2D eigenvalue weighted by Crippen LogP contribution is -2.05. The minimum Gasteiger partial charge on any atom is -0.340 e. The predicted molar refractivity (Wildman–Crippen MR) is 116 cm³/mol. The van der Waals surface area contributed by atoms with Gasteiger partial charge in [0.05, 0.1) is 5.39 Å². The molecule has 0 atom stereocenters. The highest BCUT2D eigenvalue weighted by molar-refractivity contribution is 7.17. The summed E-state index contributed by atoms with van der Waals surface area (Å²) in [6, 6.07) is 14.0. The molecular weight excluding hydrogens is 368 g/mol. The first kappa shape index (κ1) is 18.1. The summed E-state index contributed by atoms with van der Waals surface area (Å²) in [7, 11) is 0. The summed E-state index contributed by atoms with van der Waals surface area (Å²) in [5, 5.41) is 9.33. The summed E-state index contributed by atoms with van der Waals surface area (Å²) < 4.78 is 0. The normalized spacial score (nSPS) is 10.8. The number of amides is 1. The number of benzene rings is 2. The molecule has 0 bridgehead atoms. The highest BCUT2D eigenvalue weighted by Crippen LogP contribution is 2.39. The minimum absolute atomic E-state index is 0.100. The molecule has 0 aliphatic rings. The van der Waals surface area contributed by atoms with E-state index < -0.39 is 0 Å². The molecule has 0 aliphatic carbocycles. The molecule has 1 amide bonds. The van der Waals surface area contributed by atoms with Gasteiger partial charge in [-0.15, -0.1) is 11.3 Å². The smallest absolute Gasteiger partial charge is 0.221 e. The highest BCUT2D eigenvalue weighted by atomic mass is 32.1. The Kier molecular flexibility index (Phi) is 4.79. The Labute approximate surface area is 167 Å². The standard InChI is InChI=1S/C22H20N4OS/c1-13-7-8-18(14(2)9-13)19-11-28-22-20(19)21(23-12-24-22)26-17-6-4-5-16(10-17)25-15(3)27/h4-12H,1-3H3,(H,25,27)(H,23,24,26). The van der Waals surface area contributed by atoms with Crippen LogP contribution in [-0.2, 0) is 4.79 Å². The van der Waals surface area contributed by atoms with Gasteiger partial charge in [0.15, 0.2) is 0 Å². The first-order chi connectivity index (χ1) is 13.5. The molecule has 0 saturated carbocycles. The number of aromatic nitrogens is 2. The summed E-state index contributed by atoms with van der Waals surface area (Å²) in [6.07, 6.45) is 1.57. The van der Waals surface area contributed by atoms with Gasteiger partial charge in [0.1, 0.15) is 17.0 Å². The average Bonchev–Trinajstić information content (AvgIpc) is 3.06. The van der Waals surface area contributed by atoms with Crippen LogP contribution in [-0.4, -0.2) is 15.9 Å². The molecular formula is C22H20N4OS.